The molecule has 5 aromatic rings. The third kappa shape index (κ3) is 6.43. The standard InChI is InChI=1S/C40H37N5O10/c1-20(38(41)52)44-16-14-42-26-10-11-27(33-32(26)36(50)34-29(46)12-13-30(47)35(34)37(33)51)43-15-17-45(28(39(44)53)18-31(48)49)40(54)55-19-25-23-8-4-2-6-21(23)22-7-3-5-9-24(22)25/h2-13,20,25,28,46-47,50-51H,14-19H2,1H3,(H2,41,52)(H,48,49)/t20-,28-/m0/s1. The minimum absolute atomic E-state index is 0.0258. The van der Waals surface area contributed by atoms with Gasteiger partial charge in [0, 0.05) is 19.0 Å². The summed E-state index contributed by atoms with van der Waals surface area (Å²) in [5.41, 5.74) is 9.48. The Labute approximate surface area is 312 Å². The molecule has 7 N–H and O–H groups in total. The zero-order valence-corrected chi connectivity index (χ0v) is 29.5. The number of rotatable bonds is 6. The molecule has 1 aliphatic heterocycles. The second-order valence-corrected chi connectivity index (χ2v) is 13.4. The number of carboxylic acid groups (broad SMARTS) is 1. The van der Waals surface area contributed by atoms with Crippen LogP contribution in [0.1, 0.15) is 30.4 Å². The average molecular weight is 748 g/mol. The topological polar surface area (TPSA) is 236 Å². The molecule has 1 aliphatic carbocycles. The van der Waals surface area contributed by atoms with E-state index in [0.717, 1.165) is 44.2 Å². The SMILES string of the molecule is C[C@@H](C(N)=O)N1CCN=c2ccc(c3c(O)c4c(O)ccc(O)c4c(O)c23)=NCCN(C(=O)OCC2c3ccccc3-c3ccccc32)[C@@H](CC(=O)O)C1=O. The number of aromatic hydroxyl groups is 4. The Morgan fingerprint density at radius 2 is 1.29 bits per heavy atom. The Morgan fingerprint density at radius 3 is 1.80 bits per heavy atom. The van der Waals surface area contributed by atoms with Crippen LogP contribution in [0.3, 0.4) is 0 Å². The number of carbonyl (C=O) groups is 4. The predicted octanol–water partition coefficient (Wildman–Crippen LogP) is 2.87. The first-order chi connectivity index (χ1) is 26.4. The number of carbonyl (C=O) groups excluding carboxylic acids is 3. The van der Waals surface area contributed by atoms with Crippen molar-refractivity contribution in [1.82, 2.24) is 9.80 Å². The van der Waals surface area contributed by atoms with Crippen LogP contribution in [0, 0.1) is 0 Å². The van der Waals surface area contributed by atoms with E-state index < -0.39 is 65.4 Å². The largest absolute Gasteiger partial charge is 0.507 e. The summed E-state index contributed by atoms with van der Waals surface area (Å²) in [5, 5.41) is 54.1. The van der Waals surface area contributed by atoms with E-state index in [1.165, 1.54) is 19.1 Å². The van der Waals surface area contributed by atoms with Gasteiger partial charge in [0.15, 0.2) is 0 Å². The Balaban J connectivity index is 1.35. The van der Waals surface area contributed by atoms with E-state index in [9.17, 15) is 44.7 Å². The van der Waals surface area contributed by atoms with E-state index in [1.807, 2.05) is 48.5 Å². The van der Waals surface area contributed by atoms with Gasteiger partial charge >= 0.3 is 12.1 Å². The Morgan fingerprint density at radius 1 is 0.782 bits per heavy atom. The van der Waals surface area contributed by atoms with E-state index in [1.54, 1.807) is 0 Å². The van der Waals surface area contributed by atoms with Crippen LogP contribution in [-0.2, 0) is 19.1 Å². The van der Waals surface area contributed by atoms with Crippen LogP contribution in [0.15, 0.2) is 82.8 Å². The molecule has 282 valence electrons. The second-order valence-electron chi connectivity index (χ2n) is 13.4. The summed E-state index contributed by atoms with van der Waals surface area (Å²) in [7, 11) is 0. The lowest BCUT2D eigenvalue weighted by Gasteiger charge is -2.35. The van der Waals surface area contributed by atoms with Gasteiger partial charge in [-0.05, 0) is 53.4 Å². The molecule has 15 nitrogen and oxygen atoms in total. The number of aliphatic carboxylic acids is 1. The van der Waals surface area contributed by atoms with Crippen LogP contribution >= 0.6 is 0 Å². The van der Waals surface area contributed by atoms with Gasteiger partial charge in [-0.2, -0.15) is 0 Å². The Hall–Kier alpha value is -6.90. The molecule has 55 heavy (non-hydrogen) atoms. The van der Waals surface area contributed by atoms with Crippen molar-refractivity contribution in [1.29, 1.82) is 0 Å². The first-order valence-electron chi connectivity index (χ1n) is 17.5. The summed E-state index contributed by atoms with van der Waals surface area (Å²) in [6.45, 7) is 0.0938. The number of ether oxygens (including phenoxy) is 1. The number of amides is 3. The maximum atomic E-state index is 14.4. The summed E-state index contributed by atoms with van der Waals surface area (Å²) in [6.07, 6.45) is -1.85. The molecule has 0 saturated carbocycles. The van der Waals surface area contributed by atoms with Crippen molar-refractivity contribution in [2.24, 2.45) is 15.7 Å². The van der Waals surface area contributed by atoms with Crippen molar-refractivity contribution < 1.29 is 49.4 Å². The molecular formula is C40H37N5O10. The number of hydrogen-bond donors (Lipinski definition) is 6. The Bertz CT molecular complexity index is 2490. The number of benzene rings is 5. The first kappa shape index (κ1) is 36.5. The van der Waals surface area contributed by atoms with Crippen LogP contribution < -0.4 is 16.4 Å². The maximum absolute atomic E-state index is 14.4. The third-order valence-electron chi connectivity index (χ3n) is 10.3. The Kier molecular flexibility index (Phi) is 9.61. The lowest BCUT2D eigenvalue weighted by Crippen LogP contribution is -2.57. The molecule has 15 heteroatoms. The molecular weight excluding hydrogens is 710 g/mol. The molecule has 2 bridgehead atoms. The minimum Gasteiger partial charge on any atom is -0.507 e. The number of hydrogen-bond acceptors (Lipinski definition) is 11. The number of nitrogens with two attached hydrogens (primary N) is 1. The molecule has 0 fully saturated rings. The van der Waals surface area contributed by atoms with Crippen LogP contribution in [-0.4, -0.2) is 104 Å². The number of phenols is 4. The van der Waals surface area contributed by atoms with Crippen molar-refractivity contribution in [3.8, 4) is 34.1 Å². The summed E-state index contributed by atoms with van der Waals surface area (Å²) in [5.74, 6) is -5.44. The van der Waals surface area contributed by atoms with Gasteiger partial charge in [0.05, 0.1) is 51.8 Å². The molecule has 0 radical (unpaired) electrons. The van der Waals surface area contributed by atoms with Crippen molar-refractivity contribution in [2.75, 3.05) is 32.8 Å². The zero-order chi connectivity index (χ0) is 39.1. The monoisotopic (exact) mass is 747 g/mol. The summed E-state index contributed by atoms with van der Waals surface area (Å²) in [6, 6.07) is 17.8. The molecule has 0 spiro atoms. The summed E-state index contributed by atoms with van der Waals surface area (Å²) < 4.78 is 5.90. The predicted molar refractivity (Wildman–Crippen MR) is 198 cm³/mol. The molecule has 3 amide bonds. The number of phenolic OH excluding ortho intramolecular Hbond substituents is 4. The average Bonchev–Trinajstić information content (AvgIpc) is 3.49. The van der Waals surface area contributed by atoms with E-state index in [-0.39, 0.29) is 71.0 Å². The molecule has 7 rings (SSSR count). The van der Waals surface area contributed by atoms with E-state index in [0.29, 0.717) is 0 Å². The van der Waals surface area contributed by atoms with Gasteiger partial charge in [-0.1, -0.05) is 48.5 Å². The molecule has 0 aromatic heterocycles. The quantitative estimate of drug-likeness (QED) is 0.110. The highest BCUT2D eigenvalue weighted by molar-refractivity contribution is 6.14. The number of fused-ring (bicyclic) bond motifs is 10. The van der Waals surface area contributed by atoms with Gasteiger partial charge in [-0.25, -0.2) is 4.79 Å². The van der Waals surface area contributed by atoms with E-state index in [2.05, 4.69) is 9.98 Å². The molecule has 2 aliphatic rings. The summed E-state index contributed by atoms with van der Waals surface area (Å²) >= 11 is 0. The molecule has 2 atom stereocenters. The van der Waals surface area contributed by atoms with Gasteiger partial charge in [0.2, 0.25) is 11.8 Å². The molecule has 5 aromatic carbocycles. The highest BCUT2D eigenvalue weighted by atomic mass is 16.6. The maximum Gasteiger partial charge on any atom is 0.410 e. The van der Waals surface area contributed by atoms with Crippen molar-refractivity contribution >= 4 is 45.4 Å². The zero-order valence-electron chi connectivity index (χ0n) is 29.5. The second kappa shape index (κ2) is 14.5. The smallest absolute Gasteiger partial charge is 0.410 e. The van der Waals surface area contributed by atoms with Gasteiger partial charge in [-0.15, -0.1) is 0 Å². The number of nitrogens with zero attached hydrogens (tertiary/aromatic N) is 4. The van der Waals surface area contributed by atoms with Gasteiger partial charge in [-0.3, -0.25) is 29.3 Å². The fourth-order valence-corrected chi connectivity index (χ4v) is 7.58. The van der Waals surface area contributed by atoms with Crippen LogP contribution in [0.25, 0.3) is 32.7 Å². The normalized spacial score (nSPS) is 16.5. The third-order valence-corrected chi connectivity index (χ3v) is 10.3. The van der Waals surface area contributed by atoms with Crippen molar-refractivity contribution in [3.05, 3.63) is 94.6 Å². The van der Waals surface area contributed by atoms with Crippen LogP contribution in [0.2, 0.25) is 0 Å². The number of carboxylic acids is 1. The van der Waals surface area contributed by atoms with E-state index in [4.69, 9.17) is 10.5 Å². The fraction of sp³-hybridized carbons (Fsp3) is 0.250. The summed E-state index contributed by atoms with van der Waals surface area (Å²) in [4.78, 5) is 64.5. The highest BCUT2D eigenvalue weighted by Gasteiger charge is 2.39. The molecule has 0 unspecified atom stereocenters. The van der Waals surface area contributed by atoms with Gasteiger partial charge in [0.25, 0.3) is 0 Å². The number of primary amides is 1. The van der Waals surface area contributed by atoms with Gasteiger partial charge in [0.1, 0.15) is 41.7 Å². The van der Waals surface area contributed by atoms with Crippen molar-refractivity contribution in [3.63, 3.8) is 0 Å². The van der Waals surface area contributed by atoms with Crippen molar-refractivity contribution in [2.45, 2.75) is 31.3 Å². The lowest BCUT2D eigenvalue weighted by molar-refractivity contribution is -0.147. The van der Waals surface area contributed by atoms with Gasteiger partial charge < -0.3 is 40.9 Å². The highest BCUT2D eigenvalue weighted by Crippen LogP contribution is 2.47. The van der Waals surface area contributed by atoms with E-state index >= 15 is 0 Å². The van der Waals surface area contributed by atoms with Crippen LogP contribution in [0.4, 0.5) is 4.79 Å². The first-order valence-corrected chi connectivity index (χ1v) is 17.5. The molecule has 0 saturated heterocycles. The lowest BCUT2D eigenvalue weighted by atomic mass is 9.98. The fourth-order valence-electron chi connectivity index (χ4n) is 7.58. The molecule has 1 heterocycles. The minimum atomic E-state index is -1.66. The van der Waals surface area contributed by atoms with Crippen LogP contribution in [0.5, 0.6) is 23.0 Å².